The molecule has 6 nitrogen and oxygen atoms in total. The Morgan fingerprint density at radius 1 is 1.06 bits per heavy atom. The molecule has 4 rings (SSSR count). The summed E-state index contributed by atoms with van der Waals surface area (Å²) in [6.45, 7) is 2.80. The Morgan fingerprint density at radius 2 is 1.82 bits per heavy atom. The summed E-state index contributed by atoms with van der Waals surface area (Å²) in [4.78, 5) is 16.8. The number of unbranched alkanes of at least 4 members (excludes halogenated alkanes) is 2. The predicted molar refractivity (Wildman–Crippen MR) is 140 cm³/mol. The number of nitrogens with zero attached hydrogens (tertiary/aromatic N) is 4. The van der Waals surface area contributed by atoms with Gasteiger partial charge >= 0.3 is 0 Å². The third-order valence-corrected chi connectivity index (χ3v) is 7.64. The van der Waals surface area contributed by atoms with Gasteiger partial charge in [0, 0.05) is 17.5 Å². The van der Waals surface area contributed by atoms with Crippen LogP contribution in [0.25, 0.3) is 17.1 Å². The molecule has 0 atom stereocenters. The molecule has 0 unspecified atom stereocenters. The normalized spacial score (nSPS) is 11.0. The van der Waals surface area contributed by atoms with E-state index in [2.05, 4.69) is 27.4 Å². The molecule has 34 heavy (non-hydrogen) atoms. The standard InChI is InChI=1S/C24H23Cl2N5OS2/c1-2-3-8-13-27-23(32)19-14-33-21(28-19)15-34-24-30-29-22(16-9-4-5-10-17(16)25)31(24)20-12-7-6-11-18(20)26/h4-7,9-12,14H,2-3,8,13,15H2,1H3,(H,27,32). The molecule has 2 heterocycles. The number of benzene rings is 2. The molecule has 176 valence electrons. The SMILES string of the molecule is CCCCCNC(=O)c1csc(CSc2nnc(-c3ccccc3Cl)n2-c2ccccc2Cl)n1. The average molecular weight is 533 g/mol. The number of amides is 1. The minimum Gasteiger partial charge on any atom is -0.351 e. The number of nitrogens with one attached hydrogen (secondary N) is 1. The van der Waals surface area contributed by atoms with Gasteiger partial charge in [-0.1, -0.05) is 79.0 Å². The van der Waals surface area contributed by atoms with E-state index in [4.69, 9.17) is 23.2 Å². The van der Waals surface area contributed by atoms with Crippen molar-refractivity contribution in [2.45, 2.75) is 37.1 Å². The Morgan fingerprint density at radius 3 is 2.59 bits per heavy atom. The van der Waals surface area contributed by atoms with E-state index in [0.29, 0.717) is 39.0 Å². The van der Waals surface area contributed by atoms with Crippen molar-refractivity contribution in [3.63, 3.8) is 0 Å². The molecule has 0 saturated carbocycles. The largest absolute Gasteiger partial charge is 0.351 e. The number of hydrogen-bond acceptors (Lipinski definition) is 6. The molecule has 0 aliphatic carbocycles. The third kappa shape index (κ3) is 5.81. The van der Waals surface area contributed by atoms with Gasteiger partial charge in [-0.2, -0.15) is 0 Å². The van der Waals surface area contributed by atoms with Gasteiger partial charge < -0.3 is 5.32 Å². The Balaban J connectivity index is 1.56. The van der Waals surface area contributed by atoms with Gasteiger partial charge in [0.1, 0.15) is 10.7 Å². The topological polar surface area (TPSA) is 72.7 Å². The van der Waals surface area contributed by atoms with Crippen molar-refractivity contribution in [2.75, 3.05) is 6.54 Å². The molecule has 4 aromatic rings. The number of thioether (sulfide) groups is 1. The summed E-state index contributed by atoms with van der Waals surface area (Å²) in [5.41, 5.74) is 1.97. The van der Waals surface area contributed by atoms with Crippen LogP contribution >= 0.6 is 46.3 Å². The molecule has 2 aromatic heterocycles. The second kappa shape index (κ2) is 11.8. The van der Waals surface area contributed by atoms with Crippen molar-refractivity contribution < 1.29 is 4.79 Å². The lowest BCUT2D eigenvalue weighted by Gasteiger charge is -2.12. The monoisotopic (exact) mass is 531 g/mol. The smallest absolute Gasteiger partial charge is 0.270 e. The highest BCUT2D eigenvalue weighted by atomic mass is 35.5. The van der Waals surface area contributed by atoms with Gasteiger partial charge in [-0.05, 0) is 30.7 Å². The Hall–Kier alpha value is -2.39. The van der Waals surface area contributed by atoms with Gasteiger partial charge in [-0.3, -0.25) is 9.36 Å². The van der Waals surface area contributed by atoms with E-state index >= 15 is 0 Å². The second-order valence-electron chi connectivity index (χ2n) is 7.45. The van der Waals surface area contributed by atoms with Crippen LogP contribution in [0.2, 0.25) is 10.0 Å². The van der Waals surface area contributed by atoms with E-state index in [1.54, 1.807) is 5.38 Å². The van der Waals surface area contributed by atoms with Crippen molar-refractivity contribution in [1.29, 1.82) is 0 Å². The van der Waals surface area contributed by atoms with Crippen LogP contribution < -0.4 is 5.32 Å². The van der Waals surface area contributed by atoms with Crippen molar-refractivity contribution in [1.82, 2.24) is 25.1 Å². The summed E-state index contributed by atoms with van der Waals surface area (Å²) in [5, 5.41) is 16.2. The van der Waals surface area contributed by atoms with E-state index in [1.165, 1.54) is 23.1 Å². The maximum atomic E-state index is 12.3. The predicted octanol–water partition coefficient (Wildman–Crippen LogP) is 6.91. The first kappa shape index (κ1) is 24.7. The molecule has 2 aromatic carbocycles. The number of aromatic nitrogens is 4. The maximum absolute atomic E-state index is 12.3. The zero-order chi connectivity index (χ0) is 23.9. The van der Waals surface area contributed by atoms with Gasteiger partial charge in [0.25, 0.3) is 5.91 Å². The van der Waals surface area contributed by atoms with Crippen molar-refractivity contribution in [3.05, 3.63) is 74.7 Å². The van der Waals surface area contributed by atoms with Crippen LogP contribution in [0.15, 0.2) is 59.1 Å². The molecular formula is C24H23Cl2N5OS2. The number of carbonyl (C=O) groups is 1. The number of hydrogen-bond donors (Lipinski definition) is 1. The average Bonchev–Trinajstić information content (AvgIpc) is 3.48. The lowest BCUT2D eigenvalue weighted by Crippen LogP contribution is -2.24. The lowest BCUT2D eigenvalue weighted by molar-refractivity contribution is 0.0948. The first-order chi connectivity index (χ1) is 16.6. The van der Waals surface area contributed by atoms with Gasteiger partial charge in [0.05, 0.1) is 21.5 Å². The van der Waals surface area contributed by atoms with Crippen molar-refractivity contribution in [3.8, 4) is 17.1 Å². The number of para-hydroxylation sites is 1. The van der Waals surface area contributed by atoms with Crippen LogP contribution in [0.1, 0.15) is 41.7 Å². The quantitative estimate of drug-likeness (QED) is 0.178. The van der Waals surface area contributed by atoms with Gasteiger partial charge in [0.15, 0.2) is 11.0 Å². The zero-order valence-corrected chi connectivity index (χ0v) is 21.6. The Kier molecular flexibility index (Phi) is 8.61. The molecule has 0 aliphatic heterocycles. The van der Waals surface area contributed by atoms with E-state index in [9.17, 15) is 4.79 Å². The summed E-state index contributed by atoms with van der Waals surface area (Å²) in [6, 6.07) is 15.0. The lowest BCUT2D eigenvalue weighted by atomic mass is 10.2. The van der Waals surface area contributed by atoms with E-state index in [1.807, 2.05) is 53.1 Å². The van der Waals surface area contributed by atoms with Crippen molar-refractivity contribution >= 4 is 52.2 Å². The maximum Gasteiger partial charge on any atom is 0.270 e. The molecule has 0 radical (unpaired) electrons. The van der Waals surface area contributed by atoms with Gasteiger partial charge in [-0.25, -0.2) is 4.98 Å². The van der Waals surface area contributed by atoms with Crippen LogP contribution in [0.4, 0.5) is 0 Å². The van der Waals surface area contributed by atoms with Crippen LogP contribution in [0, 0.1) is 0 Å². The molecule has 1 amide bonds. The molecule has 0 fully saturated rings. The summed E-state index contributed by atoms with van der Waals surface area (Å²) < 4.78 is 1.91. The number of thiazole rings is 1. The zero-order valence-electron chi connectivity index (χ0n) is 18.5. The van der Waals surface area contributed by atoms with Crippen LogP contribution in [-0.2, 0) is 5.75 Å². The summed E-state index contributed by atoms with van der Waals surface area (Å²) >= 11 is 15.9. The molecule has 1 N–H and O–H groups in total. The molecule has 0 bridgehead atoms. The summed E-state index contributed by atoms with van der Waals surface area (Å²) in [6.07, 6.45) is 3.19. The Labute approximate surface area is 216 Å². The third-order valence-electron chi connectivity index (χ3n) is 5.02. The van der Waals surface area contributed by atoms with E-state index in [-0.39, 0.29) is 5.91 Å². The first-order valence-corrected chi connectivity index (χ1v) is 13.5. The number of carbonyl (C=O) groups excluding carboxylic acids is 1. The highest BCUT2D eigenvalue weighted by Gasteiger charge is 2.20. The molecule has 0 saturated heterocycles. The van der Waals surface area contributed by atoms with E-state index in [0.717, 1.165) is 35.5 Å². The fraction of sp³-hybridized carbons (Fsp3) is 0.250. The first-order valence-electron chi connectivity index (χ1n) is 10.9. The van der Waals surface area contributed by atoms with Gasteiger partial charge in [0.2, 0.25) is 0 Å². The van der Waals surface area contributed by atoms with Crippen LogP contribution in [0.5, 0.6) is 0 Å². The molecule has 10 heteroatoms. The van der Waals surface area contributed by atoms with Gasteiger partial charge in [-0.15, -0.1) is 21.5 Å². The number of rotatable bonds is 10. The minimum absolute atomic E-state index is 0.135. The highest BCUT2D eigenvalue weighted by Crippen LogP contribution is 2.35. The molecular weight excluding hydrogens is 509 g/mol. The summed E-state index contributed by atoms with van der Waals surface area (Å²) in [7, 11) is 0. The van der Waals surface area contributed by atoms with E-state index < -0.39 is 0 Å². The molecule has 0 spiro atoms. The highest BCUT2D eigenvalue weighted by molar-refractivity contribution is 7.98. The number of halogens is 2. The fourth-order valence-corrected chi connectivity index (χ4v) is 5.48. The molecule has 0 aliphatic rings. The second-order valence-corrected chi connectivity index (χ2v) is 10.2. The fourth-order valence-electron chi connectivity index (χ4n) is 3.31. The van der Waals surface area contributed by atoms with Crippen LogP contribution in [-0.4, -0.2) is 32.2 Å². The summed E-state index contributed by atoms with van der Waals surface area (Å²) in [5.74, 6) is 1.01. The minimum atomic E-state index is -0.135. The Bertz CT molecular complexity index is 1270. The van der Waals surface area contributed by atoms with Crippen molar-refractivity contribution in [2.24, 2.45) is 0 Å². The van der Waals surface area contributed by atoms with Crippen LogP contribution in [0.3, 0.4) is 0 Å².